The number of carbonyl (C=O) groups is 2. The topological polar surface area (TPSA) is 102 Å². The standard InChI is InChI=1S/C25H18F4N6O2S/c1-24(2)22(37)34(16-9-17(25(27,28)29)20(11-30)32-13-16)23(38)35(24)15-7-6-14(18(26)10-15)12-33-21(36)19-5-3-4-8-31-19/h3-10,13H,12H2,1-2H3,(H,33,36). The summed E-state index contributed by atoms with van der Waals surface area (Å²) < 4.78 is 55.4. The highest BCUT2D eigenvalue weighted by atomic mass is 32.1. The highest BCUT2D eigenvalue weighted by molar-refractivity contribution is 7.81. The average molecular weight is 543 g/mol. The summed E-state index contributed by atoms with van der Waals surface area (Å²) in [7, 11) is 0. The quantitative estimate of drug-likeness (QED) is 0.378. The van der Waals surface area contributed by atoms with Crippen molar-refractivity contribution in [1.29, 1.82) is 5.26 Å². The van der Waals surface area contributed by atoms with Crippen LogP contribution in [-0.4, -0.2) is 32.4 Å². The van der Waals surface area contributed by atoms with Gasteiger partial charge in [-0.05, 0) is 56.4 Å². The van der Waals surface area contributed by atoms with E-state index in [0.29, 0.717) is 6.07 Å². The first-order valence-electron chi connectivity index (χ1n) is 11.0. The zero-order valence-corrected chi connectivity index (χ0v) is 20.7. The van der Waals surface area contributed by atoms with Crippen molar-refractivity contribution < 1.29 is 27.2 Å². The Morgan fingerprint density at radius 1 is 1.16 bits per heavy atom. The molecule has 1 fully saturated rings. The number of benzene rings is 1. The molecule has 1 aromatic carbocycles. The van der Waals surface area contributed by atoms with E-state index >= 15 is 4.39 Å². The Morgan fingerprint density at radius 2 is 1.89 bits per heavy atom. The molecule has 1 aliphatic rings. The Bertz CT molecular complexity index is 1490. The lowest BCUT2D eigenvalue weighted by Gasteiger charge is -2.29. The Balaban J connectivity index is 1.62. The minimum absolute atomic E-state index is 0.141. The third-order valence-electron chi connectivity index (χ3n) is 5.84. The smallest absolute Gasteiger partial charge is 0.347 e. The van der Waals surface area contributed by atoms with Crippen molar-refractivity contribution >= 4 is 40.5 Å². The molecule has 8 nitrogen and oxygen atoms in total. The second-order valence-electron chi connectivity index (χ2n) is 8.69. The molecule has 0 saturated carbocycles. The van der Waals surface area contributed by atoms with Crippen LogP contribution in [0.15, 0.2) is 54.9 Å². The predicted octanol–water partition coefficient (Wildman–Crippen LogP) is 4.35. The Labute approximate surface area is 219 Å². The van der Waals surface area contributed by atoms with Crippen LogP contribution in [-0.2, 0) is 17.5 Å². The number of hydrogen-bond donors (Lipinski definition) is 1. The van der Waals surface area contributed by atoms with Crippen LogP contribution in [0.4, 0.5) is 28.9 Å². The zero-order chi connectivity index (χ0) is 27.8. The molecule has 3 heterocycles. The van der Waals surface area contributed by atoms with E-state index in [4.69, 9.17) is 17.5 Å². The van der Waals surface area contributed by atoms with Crippen LogP contribution < -0.4 is 15.1 Å². The number of carbonyl (C=O) groups excluding carboxylic acids is 2. The summed E-state index contributed by atoms with van der Waals surface area (Å²) in [6.45, 7) is 2.84. The van der Waals surface area contributed by atoms with Gasteiger partial charge >= 0.3 is 6.18 Å². The lowest BCUT2D eigenvalue weighted by Crippen LogP contribution is -2.44. The van der Waals surface area contributed by atoms with Gasteiger partial charge in [-0.2, -0.15) is 18.4 Å². The van der Waals surface area contributed by atoms with Crippen LogP contribution in [0.5, 0.6) is 0 Å². The van der Waals surface area contributed by atoms with Crippen molar-refractivity contribution in [2.45, 2.75) is 32.1 Å². The Hall–Kier alpha value is -4.44. The van der Waals surface area contributed by atoms with E-state index in [1.165, 1.54) is 49.2 Å². The number of nitrogens with one attached hydrogen (secondary N) is 1. The predicted molar refractivity (Wildman–Crippen MR) is 132 cm³/mol. The van der Waals surface area contributed by atoms with E-state index in [9.17, 15) is 22.8 Å². The summed E-state index contributed by atoms with van der Waals surface area (Å²) in [6, 6.07) is 10.8. The molecule has 38 heavy (non-hydrogen) atoms. The van der Waals surface area contributed by atoms with Gasteiger partial charge in [0.05, 0.1) is 17.4 Å². The molecule has 0 aliphatic carbocycles. The number of nitrogens with zero attached hydrogens (tertiary/aromatic N) is 5. The van der Waals surface area contributed by atoms with Gasteiger partial charge in [0, 0.05) is 24.0 Å². The SMILES string of the molecule is CC1(C)C(=O)N(c2cnc(C#N)c(C(F)(F)F)c2)C(=S)N1c1ccc(CNC(=O)c2ccccn2)c(F)c1. The van der Waals surface area contributed by atoms with E-state index in [1.807, 2.05) is 0 Å². The van der Waals surface area contributed by atoms with Crippen LogP contribution in [0.2, 0.25) is 0 Å². The molecule has 0 radical (unpaired) electrons. The molecule has 0 spiro atoms. The first kappa shape index (κ1) is 26.6. The molecule has 0 unspecified atom stereocenters. The first-order chi connectivity index (χ1) is 17.9. The molecule has 2 amide bonds. The summed E-state index contributed by atoms with van der Waals surface area (Å²) in [5.41, 5.74) is -3.35. The van der Waals surface area contributed by atoms with Crippen molar-refractivity contribution in [3.8, 4) is 6.07 Å². The lowest BCUT2D eigenvalue weighted by atomic mass is 10.0. The van der Waals surface area contributed by atoms with Crippen molar-refractivity contribution in [1.82, 2.24) is 15.3 Å². The average Bonchev–Trinajstić information content (AvgIpc) is 3.05. The number of pyridine rings is 2. The summed E-state index contributed by atoms with van der Waals surface area (Å²) >= 11 is 5.44. The van der Waals surface area contributed by atoms with Crippen LogP contribution in [0.1, 0.15) is 41.2 Å². The number of alkyl halides is 3. The monoisotopic (exact) mass is 542 g/mol. The van der Waals surface area contributed by atoms with Gasteiger partial charge in [0.25, 0.3) is 11.8 Å². The fourth-order valence-corrected chi connectivity index (χ4v) is 4.44. The summed E-state index contributed by atoms with van der Waals surface area (Å²) in [5, 5.41) is 11.4. The minimum Gasteiger partial charge on any atom is -0.347 e. The van der Waals surface area contributed by atoms with Gasteiger partial charge in [0.15, 0.2) is 10.8 Å². The third kappa shape index (κ3) is 4.78. The lowest BCUT2D eigenvalue weighted by molar-refractivity contribution is -0.138. The molecule has 13 heteroatoms. The Morgan fingerprint density at radius 3 is 2.50 bits per heavy atom. The van der Waals surface area contributed by atoms with Gasteiger partial charge in [-0.25, -0.2) is 9.37 Å². The van der Waals surface area contributed by atoms with Crippen molar-refractivity contribution in [2.75, 3.05) is 9.80 Å². The van der Waals surface area contributed by atoms with Crippen molar-refractivity contribution in [3.05, 3.63) is 83.2 Å². The highest BCUT2D eigenvalue weighted by Gasteiger charge is 2.51. The van der Waals surface area contributed by atoms with Gasteiger partial charge in [0.2, 0.25) is 0 Å². The van der Waals surface area contributed by atoms with Crippen LogP contribution in [0.3, 0.4) is 0 Å². The van der Waals surface area contributed by atoms with Gasteiger partial charge in [0.1, 0.15) is 23.1 Å². The second-order valence-corrected chi connectivity index (χ2v) is 9.06. The molecule has 4 rings (SSSR count). The van der Waals surface area contributed by atoms with Crippen molar-refractivity contribution in [2.24, 2.45) is 0 Å². The van der Waals surface area contributed by atoms with Gasteiger partial charge in [-0.3, -0.25) is 19.5 Å². The number of thiocarbonyl (C=S) groups is 1. The maximum atomic E-state index is 15.0. The van der Waals surface area contributed by atoms with E-state index in [2.05, 4.69) is 15.3 Å². The van der Waals surface area contributed by atoms with E-state index < -0.39 is 40.6 Å². The molecule has 1 N–H and O–H groups in total. The number of amides is 2. The number of hydrogen-bond acceptors (Lipinski definition) is 6. The van der Waals surface area contributed by atoms with Crippen LogP contribution in [0.25, 0.3) is 0 Å². The highest BCUT2D eigenvalue weighted by Crippen LogP contribution is 2.39. The van der Waals surface area contributed by atoms with Crippen LogP contribution >= 0.6 is 12.2 Å². The number of rotatable bonds is 5. The molecule has 0 bridgehead atoms. The second kappa shape index (κ2) is 9.79. The van der Waals surface area contributed by atoms with E-state index in [-0.39, 0.29) is 34.3 Å². The summed E-state index contributed by atoms with van der Waals surface area (Å²) in [6.07, 6.45) is -2.49. The maximum Gasteiger partial charge on any atom is 0.419 e. The largest absolute Gasteiger partial charge is 0.419 e. The summed E-state index contributed by atoms with van der Waals surface area (Å²) in [4.78, 5) is 35.2. The molecule has 0 atom stereocenters. The molecule has 2 aromatic heterocycles. The number of halogens is 4. The van der Waals surface area contributed by atoms with E-state index in [1.54, 1.807) is 12.1 Å². The van der Waals surface area contributed by atoms with E-state index in [0.717, 1.165) is 17.2 Å². The van der Waals surface area contributed by atoms with Gasteiger partial charge in [-0.15, -0.1) is 0 Å². The fraction of sp³-hybridized carbons (Fsp3) is 0.200. The molecule has 1 saturated heterocycles. The Kier molecular flexibility index (Phi) is 6.86. The maximum absolute atomic E-state index is 15.0. The van der Waals surface area contributed by atoms with Crippen LogP contribution in [0, 0.1) is 17.1 Å². The fourth-order valence-electron chi connectivity index (χ4n) is 3.92. The molecular weight excluding hydrogens is 524 g/mol. The van der Waals surface area contributed by atoms with Gasteiger partial charge in [-0.1, -0.05) is 12.1 Å². The third-order valence-corrected chi connectivity index (χ3v) is 6.21. The molecule has 1 aliphatic heterocycles. The minimum atomic E-state index is -4.89. The molecule has 3 aromatic rings. The zero-order valence-electron chi connectivity index (χ0n) is 19.9. The number of anilines is 2. The number of aromatic nitrogens is 2. The molecule has 194 valence electrons. The summed E-state index contributed by atoms with van der Waals surface area (Å²) in [5.74, 6) is -1.87. The first-order valence-corrected chi connectivity index (χ1v) is 11.4. The van der Waals surface area contributed by atoms with Gasteiger partial charge < -0.3 is 10.2 Å². The number of nitriles is 1. The van der Waals surface area contributed by atoms with Crippen molar-refractivity contribution in [3.63, 3.8) is 0 Å². The normalized spacial score (nSPS) is 15.0. The molecular formula is C25H18F4N6O2S.